The van der Waals surface area contributed by atoms with Gasteiger partial charge in [0.25, 0.3) is 11.7 Å². The van der Waals surface area contributed by atoms with Gasteiger partial charge in [0, 0.05) is 13.0 Å². The molecule has 0 atom stereocenters. The Morgan fingerprint density at radius 2 is 2.20 bits per heavy atom. The number of hydrogen-bond donors (Lipinski definition) is 3. The van der Waals surface area contributed by atoms with Crippen molar-refractivity contribution >= 4 is 11.8 Å². The lowest BCUT2D eigenvalue weighted by Crippen LogP contribution is -2.25. The summed E-state index contributed by atoms with van der Waals surface area (Å²) in [6, 6.07) is 0. The van der Waals surface area contributed by atoms with Crippen molar-refractivity contribution in [1.29, 1.82) is 0 Å². The fourth-order valence-corrected chi connectivity index (χ4v) is 0.963. The average Bonchev–Trinajstić information content (AvgIpc) is 2.69. The second kappa shape index (κ2) is 5.68. The van der Waals surface area contributed by atoms with Crippen LogP contribution >= 0.6 is 0 Å². The molecule has 0 fully saturated rings. The van der Waals surface area contributed by atoms with E-state index in [4.69, 9.17) is 5.73 Å². The number of nitrogens with two attached hydrogens (primary N) is 1. The molecule has 0 aliphatic heterocycles. The van der Waals surface area contributed by atoms with Gasteiger partial charge in [0.15, 0.2) is 0 Å². The molecular weight excluding hydrogens is 200 g/mol. The van der Waals surface area contributed by atoms with Crippen LogP contribution in [-0.4, -0.2) is 39.0 Å². The second-order valence-corrected chi connectivity index (χ2v) is 2.91. The number of rotatable bonds is 6. The lowest BCUT2D eigenvalue weighted by atomic mass is 10.2. The van der Waals surface area contributed by atoms with Crippen LogP contribution in [0.1, 0.15) is 29.9 Å². The van der Waals surface area contributed by atoms with Crippen molar-refractivity contribution in [2.45, 2.75) is 19.3 Å². The number of unbranched alkanes of at least 4 members (excludes halogenated alkanes) is 1. The van der Waals surface area contributed by atoms with Crippen molar-refractivity contribution in [3.63, 3.8) is 0 Å². The number of carbonyl (C=O) groups excluding carboxylic acids is 2. The van der Waals surface area contributed by atoms with Crippen LogP contribution in [0.3, 0.4) is 0 Å². The fraction of sp³-hybridized carbons (Fsp3) is 0.571. The summed E-state index contributed by atoms with van der Waals surface area (Å²) in [7, 11) is 0. The minimum absolute atomic E-state index is 0.00454. The van der Waals surface area contributed by atoms with E-state index in [1.54, 1.807) is 0 Å². The highest BCUT2D eigenvalue weighted by Gasteiger charge is 2.08. The van der Waals surface area contributed by atoms with Crippen LogP contribution in [0.25, 0.3) is 0 Å². The molecule has 0 saturated carbocycles. The van der Waals surface area contributed by atoms with Gasteiger partial charge in [0.2, 0.25) is 5.91 Å². The van der Waals surface area contributed by atoms with Gasteiger partial charge in [-0.3, -0.25) is 9.59 Å². The minimum Gasteiger partial charge on any atom is -0.370 e. The summed E-state index contributed by atoms with van der Waals surface area (Å²) >= 11 is 0. The van der Waals surface area contributed by atoms with Crippen molar-refractivity contribution in [3.8, 4) is 0 Å². The Bertz CT molecular complexity index is 322. The zero-order valence-electron chi connectivity index (χ0n) is 8.06. The molecule has 0 aliphatic carbocycles. The summed E-state index contributed by atoms with van der Waals surface area (Å²) in [5.74, 6) is -0.716. The monoisotopic (exact) mass is 212 g/mol. The van der Waals surface area contributed by atoms with Gasteiger partial charge in [0.05, 0.1) is 0 Å². The van der Waals surface area contributed by atoms with Crippen LogP contribution in [0.2, 0.25) is 0 Å². The highest BCUT2D eigenvalue weighted by molar-refractivity contribution is 5.89. The molecular formula is C7H12N6O2. The molecule has 8 nitrogen and oxygen atoms in total. The highest BCUT2D eigenvalue weighted by atomic mass is 16.2. The Hall–Kier alpha value is -1.99. The van der Waals surface area contributed by atoms with Crippen LogP contribution in [-0.2, 0) is 4.79 Å². The van der Waals surface area contributed by atoms with Gasteiger partial charge in [-0.25, -0.2) is 0 Å². The van der Waals surface area contributed by atoms with Gasteiger partial charge >= 0.3 is 0 Å². The summed E-state index contributed by atoms with van der Waals surface area (Å²) in [5, 5.41) is 15.0. The maximum atomic E-state index is 11.2. The topological polar surface area (TPSA) is 127 Å². The van der Waals surface area contributed by atoms with Gasteiger partial charge in [-0.2, -0.15) is 5.21 Å². The summed E-state index contributed by atoms with van der Waals surface area (Å²) in [4.78, 5) is 21.6. The smallest absolute Gasteiger partial charge is 0.292 e. The van der Waals surface area contributed by atoms with Gasteiger partial charge in [-0.15, -0.1) is 10.2 Å². The van der Waals surface area contributed by atoms with Gasteiger partial charge in [0.1, 0.15) is 0 Å². The first-order valence-electron chi connectivity index (χ1n) is 4.50. The zero-order chi connectivity index (χ0) is 11.1. The van der Waals surface area contributed by atoms with Crippen molar-refractivity contribution in [2.24, 2.45) is 5.73 Å². The second-order valence-electron chi connectivity index (χ2n) is 2.91. The van der Waals surface area contributed by atoms with E-state index in [0.29, 0.717) is 25.8 Å². The van der Waals surface area contributed by atoms with E-state index in [9.17, 15) is 9.59 Å². The van der Waals surface area contributed by atoms with E-state index >= 15 is 0 Å². The van der Waals surface area contributed by atoms with Crippen LogP contribution < -0.4 is 11.1 Å². The Kier molecular flexibility index (Phi) is 4.20. The normalized spacial score (nSPS) is 9.87. The molecule has 1 aromatic rings. The van der Waals surface area contributed by atoms with Crippen LogP contribution in [0, 0.1) is 0 Å². The third-order valence-electron chi connectivity index (χ3n) is 1.68. The predicted octanol–water partition coefficient (Wildman–Crippen LogP) is -1.41. The molecule has 0 bridgehead atoms. The third kappa shape index (κ3) is 4.16. The first-order valence-corrected chi connectivity index (χ1v) is 4.50. The van der Waals surface area contributed by atoms with E-state index in [1.807, 2.05) is 0 Å². The molecule has 2 amide bonds. The summed E-state index contributed by atoms with van der Waals surface area (Å²) in [6.45, 7) is 0.459. The van der Waals surface area contributed by atoms with E-state index in [1.165, 1.54) is 0 Å². The number of hydrogen-bond acceptors (Lipinski definition) is 5. The first-order chi connectivity index (χ1) is 7.20. The number of nitrogens with zero attached hydrogens (tertiary/aromatic N) is 3. The molecule has 1 aromatic heterocycles. The van der Waals surface area contributed by atoms with E-state index < -0.39 is 0 Å². The van der Waals surface area contributed by atoms with Gasteiger partial charge in [-0.1, -0.05) is 0 Å². The Balaban J connectivity index is 2.10. The molecule has 1 heterocycles. The van der Waals surface area contributed by atoms with Crippen LogP contribution in [0.5, 0.6) is 0 Å². The zero-order valence-corrected chi connectivity index (χ0v) is 8.06. The molecule has 4 N–H and O–H groups in total. The molecule has 82 valence electrons. The summed E-state index contributed by atoms with van der Waals surface area (Å²) < 4.78 is 0. The molecule has 0 spiro atoms. The quantitative estimate of drug-likeness (QED) is 0.499. The molecule has 1 rings (SSSR count). The molecule has 0 unspecified atom stereocenters. The molecule has 0 saturated heterocycles. The SMILES string of the molecule is NC(=O)CCCCNC(=O)c1nn[nH]n1. The number of primary amides is 1. The van der Waals surface area contributed by atoms with E-state index in [-0.39, 0.29) is 17.6 Å². The summed E-state index contributed by atoms with van der Waals surface area (Å²) in [6.07, 6.45) is 1.67. The third-order valence-corrected chi connectivity index (χ3v) is 1.68. The predicted molar refractivity (Wildman–Crippen MR) is 49.6 cm³/mol. The van der Waals surface area contributed by atoms with Gasteiger partial charge < -0.3 is 11.1 Å². The number of aromatic amines is 1. The average molecular weight is 212 g/mol. The number of nitrogens with one attached hydrogen (secondary N) is 2. The fourth-order valence-electron chi connectivity index (χ4n) is 0.963. The molecule has 0 aromatic carbocycles. The van der Waals surface area contributed by atoms with Gasteiger partial charge in [-0.05, 0) is 18.1 Å². The molecule has 8 heteroatoms. The minimum atomic E-state index is -0.386. The first kappa shape index (κ1) is 11.1. The van der Waals surface area contributed by atoms with Crippen molar-refractivity contribution in [3.05, 3.63) is 5.82 Å². The maximum absolute atomic E-state index is 11.2. The van der Waals surface area contributed by atoms with Crippen molar-refractivity contribution in [1.82, 2.24) is 25.9 Å². The largest absolute Gasteiger partial charge is 0.370 e. The number of aromatic nitrogens is 4. The van der Waals surface area contributed by atoms with Crippen molar-refractivity contribution in [2.75, 3.05) is 6.54 Å². The standard InChI is InChI=1S/C7H12N6O2/c8-5(14)3-1-2-4-9-7(15)6-10-12-13-11-6/h1-4H2,(H2,8,14)(H,9,15)(H,10,11,12,13). The van der Waals surface area contributed by atoms with Crippen molar-refractivity contribution < 1.29 is 9.59 Å². The van der Waals surface area contributed by atoms with E-state index in [0.717, 1.165) is 0 Å². The Labute approximate surface area is 85.6 Å². The van der Waals surface area contributed by atoms with Crippen LogP contribution in [0.4, 0.5) is 0 Å². The number of tetrazole rings is 1. The maximum Gasteiger partial charge on any atom is 0.292 e. The summed E-state index contributed by atoms with van der Waals surface area (Å²) in [5.41, 5.74) is 4.95. The highest BCUT2D eigenvalue weighted by Crippen LogP contribution is 1.93. The number of carbonyl (C=O) groups is 2. The number of H-pyrrole nitrogens is 1. The lowest BCUT2D eigenvalue weighted by Gasteiger charge is -2.00. The molecule has 0 radical (unpaired) electrons. The Morgan fingerprint density at radius 3 is 2.80 bits per heavy atom. The molecule has 0 aliphatic rings. The van der Waals surface area contributed by atoms with Crippen LogP contribution in [0.15, 0.2) is 0 Å². The van der Waals surface area contributed by atoms with E-state index in [2.05, 4.69) is 25.9 Å². The number of amides is 2. The molecule has 15 heavy (non-hydrogen) atoms. The Morgan fingerprint density at radius 1 is 1.40 bits per heavy atom. The lowest BCUT2D eigenvalue weighted by molar-refractivity contribution is -0.118.